The van der Waals surface area contributed by atoms with Gasteiger partial charge in [-0.25, -0.2) is 0 Å². The Morgan fingerprint density at radius 3 is 2.64 bits per heavy atom. The number of aryl methyl sites for hydroxylation is 1. The molecule has 1 heterocycles. The molecule has 3 rings (SSSR count). The highest BCUT2D eigenvalue weighted by atomic mass is 79.9. The Hall–Kier alpha value is -1.65. The molecular formula is C18H13Br2NO. The monoisotopic (exact) mass is 417 g/mol. The normalized spacial score (nSPS) is 11.2. The van der Waals surface area contributed by atoms with Gasteiger partial charge >= 0.3 is 0 Å². The molecule has 1 aromatic heterocycles. The minimum absolute atomic E-state index is 0.724. The molecule has 2 nitrogen and oxygen atoms in total. The average molecular weight is 419 g/mol. The molecular weight excluding hydrogens is 406 g/mol. The predicted octanol–water partition coefficient (Wildman–Crippen LogP) is 6.53. The van der Waals surface area contributed by atoms with Gasteiger partial charge in [0.1, 0.15) is 11.5 Å². The Balaban J connectivity index is 1.85. The predicted molar refractivity (Wildman–Crippen MR) is 98.0 cm³/mol. The van der Waals surface area contributed by atoms with Crippen LogP contribution in [0.4, 0.5) is 5.69 Å². The number of hydrogen-bond acceptors (Lipinski definition) is 2. The van der Waals surface area contributed by atoms with Gasteiger partial charge in [-0.15, -0.1) is 0 Å². The highest BCUT2D eigenvalue weighted by molar-refractivity contribution is 9.10. The van der Waals surface area contributed by atoms with Gasteiger partial charge < -0.3 is 4.42 Å². The number of rotatable bonds is 3. The van der Waals surface area contributed by atoms with Crippen LogP contribution in [0.1, 0.15) is 11.3 Å². The molecule has 110 valence electrons. The molecule has 0 unspecified atom stereocenters. The molecule has 0 aliphatic rings. The van der Waals surface area contributed by atoms with Crippen molar-refractivity contribution < 1.29 is 4.42 Å². The Kier molecular flexibility index (Phi) is 4.60. The van der Waals surface area contributed by atoms with Gasteiger partial charge in [0.15, 0.2) is 0 Å². The third-order valence-corrected chi connectivity index (χ3v) is 4.32. The van der Waals surface area contributed by atoms with E-state index in [1.165, 1.54) is 5.56 Å². The minimum Gasteiger partial charge on any atom is -0.455 e. The van der Waals surface area contributed by atoms with E-state index in [1.54, 1.807) is 6.21 Å². The second kappa shape index (κ2) is 6.63. The summed E-state index contributed by atoms with van der Waals surface area (Å²) in [5, 5.41) is 0. The molecule has 0 aliphatic heterocycles. The van der Waals surface area contributed by atoms with Gasteiger partial charge in [0.2, 0.25) is 0 Å². The van der Waals surface area contributed by atoms with E-state index in [0.29, 0.717) is 0 Å². The minimum atomic E-state index is 0.724. The van der Waals surface area contributed by atoms with Crippen LogP contribution < -0.4 is 0 Å². The molecule has 4 heteroatoms. The van der Waals surface area contributed by atoms with Crippen molar-refractivity contribution in [3.63, 3.8) is 0 Å². The summed E-state index contributed by atoms with van der Waals surface area (Å²) >= 11 is 7.01. The smallest absolute Gasteiger partial charge is 0.145 e. The van der Waals surface area contributed by atoms with Crippen molar-refractivity contribution in [2.45, 2.75) is 6.92 Å². The average Bonchev–Trinajstić information content (AvgIpc) is 2.94. The number of benzene rings is 2. The van der Waals surface area contributed by atoms with E-state index in [0.717, 1.165) is 31.7 Å². The third kappa shape index (κ3) is 3.57. The fourth-order valence-corrected chi connectivity index (χ4v) is 3.16. The van der Waals surface area contributed by atoms with Crippen LogP contribution in [0, 0.1) is 6.92 Å². The molecule has 22 heavy (non-hydrogen) atoms. The molecule has 0 atom stereocenters. The highest BCUT2D eigenvalue weighted by Crippen LogP contribution is 2.30. The summed E-state index contributed by atoms with van der Waals surface area (Å²) in [5.74, 6) is 1.55. The Bertz CT molecular complexity index is 837. The molecule has 0 fully saturated rings. The van der Waals surface area contributed by atoms with E-state index in [1.807, 2.05) is 42.5 Å². The highest BCUT2D eigenvalue weighted by Gasteiger charge is 2.07. The quantitative estimate of drug-likeness (QED) is 0.444. The lowest BCUT2D eigenvalue weighted by Crippen LogP contribution is -1.79. The maximum absolute atomic E-state index is 5.85. The van der Waals surface area contributed by atoms with Crippen LogP contribution in [-0.4, -0.2) is 6.21 Å². The topological polar surface area (TPSA) is 25.5 Å². The van der Waals surface area contributed by atoms with Crippen LogP contribution in [0.25, 0.3) is 11.3 Å². The van der Waals surface area contributed by atoms with Gasteiger partial charge in [0.25, 0.3) is 0 Å². The molecule has 0 saturated heterocycles. The van der Waals surface area contributed by atoms with Gasteiger partial charge in [-0.05, 0) is 55.0 Å². The summed E-state index contributed by atoms with van der Waals surface area (Å²) in [7, 11) is 0. The van der Waals surface area contributed by atoms with Crippen molar-refractivity contribution in [2.24, 2.45) is 4.99 Å². The van der Waals surface area contributed by atoms with E-state index >= 15 is 0 Å². The molecule has 0 N–H and O–H groups in total. The molecule has 0 amide bonds. The van der Waals surface area contributed by atoms with Gasteiger partial charge in [-0.3, -0.25) is 4.99 Å². The maximum Gasteiger partial charge on any atom is 0.145 e. The van der Waals surface area contributed by atoms with Gasteiger partial charge in [0.05, 0.1) is 11.9 Å². The van der Waals surface area contributed by atoms with Crippen LogP contribution >= 0.6 is 31.9 Å². The summed E-state index contributed by atoms with van der Waals surface area (Å²) < 4.78 is 7.88. The van der Waals surface area contributed by atoms with Crippen LogP contribution in [0.3, 0.4) is 0 Å². The zero-order valence-corrected chi connectivity index (χ0v) is 15.1. The number of furan rings is 1. The van der Waals surface area contributed by atoms with Crippen molar-refractivity contribution in [3.05, 3.63) is 74.9 Å². The van der Waals surface area contributed by atoms with Gasteiger partial charge in [-0.2, -0.15) is 0 Å². The standard InChI is InChI=1S/C18H13Br2NO/c1-12-5-7-16(17(20)9-12)18-8-6-15(22-18)11-21-14-4-2-3-13(19)10-14/h2-11H,1H3. The summed E-state index contributed by atoms with van der Waals surface area (Å²) in [6, 6.07) is 17.9. The number of hydrogen-bond donors (Lipinski definition) is 0. The largest absolute Gasteiger partial charge is 0.455 e. The summed E-state index contributed by atoms with van der Waals surface area (Å²) in [6.45, 7) is 2.06. The second-order valence-corrected chi connectivity index (χ2v) is 6.69. The fourth-order valence-electron chi connectivity index (χ4n) is 2.08. The van der Waals surface area contributed by atoms with E-state index in [2.05, 4.69) is 55.9 Å². The summed E-state index contributed by atoms with van der Waals surface area (Å²) in [4.78, 5) is 4.42. The Labute approximate surface area is 146 Å². The lowest BCUT2D eigenvalue weighted by Gasteiger charge is -2.01. The van der Waals surface area contributed by atoms with E-state index in [9.17, 15) is 0 Å². The molecule has 2 aromatic carbocycles. The van der Waals surface area contributed by atoms with Crippen molar-refractivity contribution in [2.75, 3.05) is 0 Å². The molecule has 0 aliphatic carbocycles. The molecule has 0 radical (unpaired) electrons. The van der Waals surface area contributed by atoms with Gasteiger partial charge in [0, 0.05) is 14.5 Å². The molecule has 3 aromatic rings. The van der Waals surface area contributed by atoms with Crippen molar-refractivity contribution >= 4 is 43.8 Å². The first kappa shape index (κ1) is 15.3. The number of aliphatic imine (C=N–C) groups is 1. The van der Waals surface area contributed by atoms with Crippen LogP contribution in [0.2, 0.25) is 0 Å². The maximum atomic E-state index is 5.85. The first-order chi connectivity index (χ1) is 10.6. The lowest BCUT2D eigenvalue weighted by molar-refractivity contribution is 0.575. The number of halogens is 2. The zero-order chi connectivity index (χ0) is 15.5. The first-order valence-electron chi connectivity index (χ1n) is 6.78. The van der Waals surface area contributed by atoms with Crippen molar-refractivity contribution in [3.8, 4) is 11.3 Å². The third-order valence-electron chi connectivity index (χ3n) is 3.17. The summed E-state index contributed by atoms with van der Waals surface area (Å²) in [6.07, 6.45) is 1.73. The van der Waals surface area contributed by atoms with Gasteiger partial charge in [-0.1, -0.05) is 44.0 Å². The van der Waals surface area contributed by atoms with E-state index < -0.39 is 0 Å². The number of nitrogens with zero attached hydrogens (tertiary/aromatic N) is 1. The molecule has 0 saturated carbocycles. The first-order valence-corrected chi connectivity index (χ1v) is 8.36. The van der Waals surface area contributed by atoms with Crippen LogP contribution in [0.15, 0.2) is 73.0 Å². The second-order valence-electron chi connectivity index (χ2n) is 4.92. The van der Waals surface area contributed by atoms with Crippen LogP contribution in [-0.2, 0) is 0 Å². The van der Waals surface area contributed by atoms with E-state index in [4.69, 9.17) is 4.42 Å². The lowest BCUT2D eigenvalue weighted by atomic mass is 10.1. The zero-order valence-electron chi connectivity index (χ0n) is 11.9. The van der Waals surface area contributed by atoms with Crippen molar-refractivity contribution in [1.29, 1.82) is 0 Å². The molecule has 0 bridgehead atoms. The van der Waals surface area contributed by atoms with Crippen molar-refractivity contribution in [1.82, 2.24) is 0 Å². The van der Waals surface area contributed by atoms with E-state index in [-0.39, 0.29) is 0 Å². The summed E-state index contributed by atoms with van der Waals surface area (Å²) in [5.41, 5.74) is 3.12. The SMILES string of the molecule is Cc1ccc(-c2ccc(C=Nc3cccc(Br)c3)o2)c(Br)c1. The van der Waals surface area contributed by atoms with Crippen LogP contribution in [0.5, 0.6) is 0 Å². The molecule has 0 spiro atoms. The Morgan fingerprint density at radius 2 is 1.86 bits per heavy atom. The fraction of sp³-hybridized carbons (Fsp3) is 0.0556. The Morgan fingerprint density at radius 1 is 1.00 bits per heavy atom.